The van der Waals surface area contributed by atoms with Gasteiger partial charge in [0.2, 0.25) is 5.91 Å². The van der Waals surface area contributed by atoms with Crippen molar-refractivity contribution in [3.63, 3.8) is 0 Å². The summed E-state index contributed by atoms with van der Waals surface area (Å²) in [5, 5.41) is 4.25. The first-order chi connectivity index (χ1) is 15.0. The van der Waals surface area contributed by atoms with E-state index in [1.165, 1.54) is 11.8 Å². The molecule has 1 amide bonds. The van der Waals surface area contributed by atoms with E-state index in [0.717, 1.165) is 42.5 Å². The maximum absolute atomic E-state index is 12.8. The Morgan fingerprint density at radius 1 is 1.16 bits per heavy atom. The lowest BCUT2D eigenvalue weighted by atomic mass is 9.97. The largest absolute Gasteiger partial charge is 0.349 e. The minimum atomic E-state index is -0.295. The average molecular weight is 475 g/mol. The number of fused-ring (bicyclic) bond motifs is 1. The quantitative estimate of drug-likeness (QED) is 0.417. The van der Waals surface area contributed by atoms with Gasteiger partial charge in [-0.25, -0.2) is 4.79 Å². The van der Waals surface area contributed by atoms with Crippen molar-refractivity contribution in [2.45, 2.75) is 37.3 Å². The van der Waals surface area contributed by atoms with E-state index in [-0.39, 0.29) is 17.3 Å². The van der Waals surface area contributed by atoms with Gasteiger partial charge in [-0.3, -0.25) is 14.3 Å². The first-order valence-electron chi connectivity index (χ1n) is 9.90. The molecule has 4 rings (SSSR count). The molecular weight excluding hydrogens is 455 g/mol. The van der Waals surface area contributed by atoms with Crippen molar-refractivity contribution >= 4 is 46.6 Å². The first-order valence-corrected chi connectivity index (χ1v) is 11.6. The summed E-state index contributed by atoms with van der Waals surface area (Å²) in [6.07, 6.45) is 7.23. The molecule has 0 atom stereocenters. The Morgan fingerprint density at radius 2 is 2.00 bits per heavy atom. The SMILES string of the molecule is O=C(CSc1nc(=O)n(Cc2cccnc2)c2c1CCCC2)Nc1ccc(Cl)c(Cl)c1. The third kappa shape index (κ3) is 5.29. The van der Waals surface area contributed by atoms with Crippen molar-refractivity contribution in [3.05, 3.63) is 80.1 Å². The predicted octanol–water partition coefficient (Wildman–Crippen LogP) is 4.60. The van der Waals surface area contributed by atoms with Crippen molar-refractivity contribution in [1.82, 2.24) is 14.5 Å². The van der Waals surface area contributed by atoms with Gasteiger partial charge in [0.05, 0.1) is 22.3 Å². The van der Waals surface area contributed by atoms with Gasteiger partial charge in [0.1, 0.15) is 5.03 Å². The minimum absolute atomic E-state index is 0.145. The van der Waals surface area contributed by atoms with Gasteiger partial charge in [-0.15, -0.1) is 0 Å². The third-order valence-electron chi connectivity index (χ3n) is 5.06. The summed E-state index contributed by atoms with van der Waals surface area (Å²) in [4.78, 5) is 33.7. The second-order valence-corrected chi connectivity index (χ2v) is 9.02. The lowest BCUT2D eigenvalue weighted by Crippen LogP contribution is -2.30. The number of pyridine rings is 1. The Kier molecular flexibility index (Phi) is 6.95. The monoisotopic (exact) mass is 474 g/mol. The van der Waals surface area contributed by atoms with Crippen LogP contribution in [0.4, 0.5) is 5.69 Å². The molecule has 0 fully saturated rings. The van der Waals surface area contributed by atoms with E-state index in [4.69, 9.17) is 23.2 Å². The molecule has 0 spiro atoms. The van der Waals surface area contributed by atoms with E-state index < -0.39 is 0 Å². The molecule has 3 aromatic rings. The summed E-state index contributed by atoms with van der Waals surface area (Å²) in [7, 11) is 0. The van der Waals surface area contributed by atoms with E-state index in [1.807, 2.05) is 12.1 Å². The van der Waals surface area contributed by atoms with Gasteiger partial charge in [0.15, 0.2) is 0 Å². The van der Waals surface area contributed by atoms with Crippen LogP contribution < -0.4 is 11.0 Å². The van der Waals surface area contributed by atoms with Crippen LogP contribution in [0, 0.1) is 0 Å². The summed E-state index contributed by atoms with van der Waals surface area (Å²) >= 11 is 13.2. The number of carbonyl (C=O) groups is 1. The van der Waals surface area contributed by atoms with Crippen molar-refractivity contribution < 1.29 is 4.79 Å². The van der Waals surface area contributed by atoms with E-state index in [1.54, 1.807) is 35.2 Å². The number of amides is 1. The molecule has 6 nitrogen and oxygen atoms in total. The van der Waals surface area contributed by atoms with Gasteiger partial charge in [-0.05, 0) is 55.5 Å². The van der Waals surface area contributed by atoms with Gasteiger partial charge < -0.3 is 5.32 Å². The van der Waals surface area contributed by atoms with Gasteiger partial charge in [0, 0.05) is 29.3 Å². The number of halogens is 2. The zero-order chi connectivity index (χ0) is 21.8. The molecule has 9 heteroatoms. The highest BCUT2D eigenvalue weighted by Crippen LogP contribution is 2.29. The van der Waals surface area contributed by atoms with Crippen LogP contribution in [0.25, 0.3) is 0 Å². The molecule has 2 aromatic heterocycles. The van der Waals surface area contributed by atoms with Crippen LogP contribution in [0.15, 0.2) is 52.5 Å². The molecule has 2 heterocycles. The summed E-state index contributed by atoms with van der Waals surface area (Å²) < 4.78 is 1.74. The number of hydrogen-bond acceptors (Lipinski definition) is 5. The number of benzene rings is 1. The summed E-state index contributed by atoms with van der Waals surface area (Å²) in [6.45, 7) is 0.449. The number of hydrogen-bond donors (Lipinski definition) is 1. The fraction of sp³-hybridized carbons (Fsp3) is 0.273. The van der Waals surface area contributed by atoms with Crippen LogP contribution in [0.2, 0.25) is 10.0 Å². The van der Waals surface area contributed by atoms with Crippen molar-refractivity contribution in [1.29, 1.82) is 0 Å². The van der Waals surface area contributed by atoms with E-state index >= 15 is 0 Å². The fourth-order valence-electron chi connectivity index (χ4n) is 3.61. The Morgan fingerprint density at radius 3 is 2.77 bits per heavy atom. The molecule has 0 unspecified atom stereocenters. The normalized spacial score (nSPS) is 13.0. The zero-order valence-corrected chi connectivity index (χ0v) is 18.9. The van der Waals surface area contributed by atoms with Crippen molar-refractivity contribution in [2.75, 3.05) is 11.1 Å². The Hall–Kier alpha value is -2.35. The highest BCUT2D eigenvalue weighted by Gasteiger charge is 2.21. The van der Waals surface area contributed by atoms with Crippen LogP contribution in [-0.4, -0.2) is 26.2 Å². The highest BCUT2D eigenvalue weighted by atomic mass is 35.5. The Labute approximate surface area is 194 Å². The van der Waals surface area contributed by atoms with E-state index in [0.29, 0.717) is 27.3 Å². The second kappa shape index (κ2) is 9.85. The molecule has 1 aromatic carbocycles. The molecule has 31 heavy (non-hydrogen) atoms. The minimum Gasteiger partial charge on any atom is -0.325 e. The smallest absolute Gasteiger partial charge is 0.325 e. The zero-order valence-electron chi connectivity index (χ0n) is 16.6. The average Bonchev–Trinajstić information content (AvgIpc) is 2.78. The van der Waals surface area contributed by atoms with Crippen LogP contribution in [0.5, 0.6) is 0 Å². The van der Waals surface area contributed by atoms with Gasteiger partial charge in [0.25, 0.3) is 0 Å². The summed E-state index contributed by atoms with van der Waals surface area (Å²) in [5.41, 5.74) is 3.32. The molecule has 1 N–H and O–H groups in total. The maximum atomic E-state index is 12.8. The third-order valence-corrected chi connectivity index (χ3v) is 6.81. The standard InChI is InChI=1S/C22H20Cl2N4O2S/c23-17-8-7-15(10-18(17)24)26-20(29)13-31-21-16-5-1-2-6-19(16)28(22(30)27-21)12-14-4-3-9-25-11-14/h3-4,7-11H,1-2,5-6,12-13H2,(H,26,29). The number of carbonyl (C=O) groups excluding carboxylic acids is 1. The Bertz CT molecular complexity index is 1170. The van der Waals surface area contributed by atoms with Crippen molar-refractivity contribution in [3.8, 4) is 0 Å². The van der Waals surface area contributed by atoms with Gasteiger partial charge in [-0.2, -0.15) is 4.98 Å². The molecule has 1 aliphatic rings. The molecule has 0 aliphatic heterocycles. The maximum Gasteiger partial charge on any atom is 0.349 e. The molecule has 1 aliphatic carbocycles. The summed E-state index contributed by atoms with van der Waals surface area (Å²) in [6, 6.07) is 8.73. The number of nitrogens with one attached hydrogen (secondary N) is 1. The number of aromatic nitrogens is 3. The van der Waals surface area contributed by atoms with Crippen molar-refractivity contribution in [2.24, 2.45) is 0 Å². The van der Waals surface area contributed by atoms with E-state index in [9.17, 15) is 9.59 Å². The lowest BCUT2D eigenvalue weighted by molar-refractivity contribution is -0.113. The van der Waals surface area contributed by atoms with E-state index in [2.05, 4.69) is 15.3 Å². The highest BCUT2D eigenvalue weighted by molar-refractivity contribution is 8.00. The van der Waals surface area contributed by atoms with Gasteiger partial charge >= 0.3 is 5.69 Å². The molecule has 0 saturated heterocycles. The predicted molar refractivity (Wildman–Crippen MR) is 124 cm³/mol. The van der Waals surface area contributed by atoms with Crippen LogP contribution in [0.3, 0.4) is 0 Å². The fourth-order valence-corrected chi connectivity index (χ4v) is 4.78. The topological polar surface area (TPSA) is 76.9 Å². The second-order valence-electron chi connectivity index (χ2n) is 7.25. The molecular formula is C22H20Cl2N4O2S. The molecule has 0 bridgehead atoms. The van der Waals surface area contributed by atoms with Crippen LogP contribution in [-0.2, 0) is 24.2 Å². The number of nitrogens with zero attached hydrogens (tertiary/aromatic N) is 3. The lowest BCUT2D eigenvalue weighted by Gasteiger charge is -2.22. The molecule has 0 saturated carbocycles. The summed E-state index contributed by atoms with van der Waals surface area (Å²) in [5.74, 6) is -0.0551. The molecule has 160 valence electrons. The molecule has 0 radical (unpaired) electrons. The van der Waals surface area contributed by atoms with Crippen LogP contribution in [0.1, 0.15) is 29.7 Å². The number of rotatable bonds is 6. The van der Waals surface area contributed by atoms with Crippen LogP contribution >= 0.6 is 35.0 Å². The number of thioether (sulfide) groups is 1. The van der Waals surface area contributed by atoms with Gasteiger partial charge in [-0.1, -0.05) is 41.0 Å². The Balaban J connectivity index is 1.52. The first kappa shape index (κ1) is 21.9. The number of anilines is 1.